The van der Waals surface area contributed by atoms with E-state index in [1.807, 2.05) is 31.3 Å². The van der Waals surface area contributed by atoms with Gasteiger partial charge in [-0.25, -0.2) is 9.97 Å². The summed E-state index contributed by atoms with van der Waals surface area (Å²) < 4.78 is 6.32. The molecule has 1 atom stereocenters. The van der Waals surface area contributed by atoms with Crippen LogP contribution < -0.4 is 10.1 Å². The van der Waals surface area contributed by atoms with E-state index < -0.39 is 0 Å². The molecule has 4 nitrogen and oxygen atoms in total. The Morgan fingerprint density at radius 1 is 1.32 bits per heavy atom. The molecule has 0 aliphatic carbocycles. The monoisotopic (exact) mass is 321 g/mol. The highest BCUT2D eigenvalue weighted by atomic mass is 79.9. The van der Waals surface area contributed by atoms with E-state index in [0.717, 1.165) is 28.0 Å². The van der Waals surface area contributed by atoms with Crippen molar-refractivity contribution in [1.29, 1.82) is 0 Å². The predicted molar refractivity (Wildman–Crippen MR) is 78.2 cm³/mol. The predicted octanol–water partition coefficient (Wildman–Crippen LogP) is 2.75. The Labute approximate surface area is 121 Å². The first-order chi connectivity index (χ1) is 9.24. The first-order valence-electron chi connectivity index (χ1n) is 6.01. The number of ether oxygens (including phenoxy) is 1. The maximum Gasteiger partial charge on any atom is 0.145 e. The lowest BCUT2D eigenvalue weighted by Gasteiger charge is -2.16. The SMILES string of the molecule is CNC(Cc1cc(OC)ccc1Br)c1ncccn1. The minimum Gasteiger partial charge on any atom is -0.497 e. The van der Waals surface area contributed by atoms with Crippen LogP contribution in [-0.4, -0.2) is 24.1 Å². The van der Waals surface area contributed by atoms with Crippen molar-refractivity contribution in [2.45, 2.75) is 12.5 Å². The average Bonchev–Trinajstić information content (AvgIpc) is 2.47. The van der Waals surface area contributed by atoms with E-state index >= 15 is 0 Å². The van der Waals surface area contributed by atoms with Gasteiger partial charge in [-0.3, -0.25) is 0 Å². The van der Waals surface area contributed by atoms with Gasteiger partial charge in [0.1, 0.15) is 11.6 Å². The first-order valence-corrected chi connectivity index (χ1v) is 6.80. The van der Waals surface area contributed by atoms with E-state index in [-0.39, 0.29) is 6.04 Å². The Morgan fingerprint density at radius 2 is 2.05 bits per heavy atom. The van der Waals surface area contributed by atoms with Gasteiger partial charge < -0.3 is 10.1 Å². The van der Waals surface area contributed by atoms with E-state index in [4.69, 9.17) is 4.74 Å². The smallest absolute Gasteiger partial charge is 0.145 e. The third-order valence-corrected chi connectivity index (χ3v) is 3.70. The molecular formula is C14H16BrN3O. The van der Waals surface area contributed by atoms with Crippen molar-refractivity contribution in [3.63, 3.8) is 0 Å². The molecule has 0 saturated heterocycles. The summed E-state index contributed by atoms with van der Waals surface area (Å²) in [7, 11) is 3.58. The maximum atomic E-state index is 5.26. The number of benzene rings is 1. The lowest BCUT2D eigenvalue weighted by Crippen LogP contribution is -2.21. The number of nitrogens with zero attached hydrogens (tertiary/aromatic N) is 2. The number of aromatic nitrogens is 2. The fourth-order valence-corrected chi connectivity index (χ4v) is 2.28. The Balaban J connectivity index is 2.23. The topological polar surface area (TPSA) is 47.0 Å². The number of methoxy groups -OCH3 is 1. The molecule has 1 heterocycles. The summed E-state index contributed by atoms with van der Waals surface area (Å²) in [4.78, 5) is 8.60. The van der Waals surface area contributed by atoms with Crippen molar-refractivity contribution in [3.05, 3.63) is 52.5 Å². The van der Waals surface area contributed by atoms with Crippen LogP contribution in [0.4, 0.5) is 0 Å². The lowest BCUT2D eigenvalue weighted by atomic mass is 10.1. The van der Waals surface area contributed by atoms with Gasteiger partial charge in [0.2, 0.25) is 0 Å². The number of hydrogen-bond donors (Lipinski definition) is 1. The first kappa shape index (κ1) is 14.0. The van der Waals surface area contributed by atoms with Crippen LogP contribution in [0.25, 0.3) is 0 Å². The van der Waals surface area contributed by atoms with E-state index in [1.165, 1.54) is 0 Å². The molecule has 0 aliphatic heterocycles. The third-order valence-electron chi connectivity index (χ3n) is 2.92. The van der Waals surface area contributed by atoms with Gasteiger partial charge in [0.15, 0.2) is 0 Å². The molecule has 0 radical (unpaired) electrons. The van der Waals surface area contributed by atoms with E-state index in [2.05, 4.69) is 31.2 Å². The van der Waals surface area contributed by atoms with Crippen LogP contribution in [-0.2, 0) is 6.42 Å². The van der Waals surface area contributed by atoms with E-state index in [0.29, 0.717) is 0 Å². The van der Waals surface area contributed by atoms with Gasteiger partial charge in [0.05, 0.1) is 13.2 Å². The number of nitrogens with one attached hydrogen (secondary N) is 1. The van der Waals surface area contributed by atoms with Crippen molar-refractivity contribution < 1.29 is 4.74 Å². The number of hydrogen-bond acceptors (Lipinski definition) is 4. The summed E-state index contributed by atoms with van der Waals surface area (Å²) in [5, 5.41) is 3.24. The number of likely N-dealkylation sites (N-methyl/N-ethyl adjacent to an activating group) is 1. The molecule has 1 N–H and O–H groups in total. The molecule has 0 spiro atoms. The van der Waals surface area contributed by atoms with Crippen molar-refractivity contribution in [2.24, 2.45) is 0 Å². The molecule has 0 saturated carbocycles. The molecule has 5 heteroatoms. The second kappa shape index (κ2) is 6.63. The summed E-state index contributed by atoms with van der Waals surface area (Å²) in [6.45, 7) is 0. The van der Waals surface area contributed by atoms with Crippen molar-refractivity contribution in [1.82, 2.24) is 15.3 Å². The highest BCUT2D eigenvalue weighted by molar-refractivity contribution is 9.10. The zero-order valence-electron chi connectivity index (χ0n) is 10.9. The van der Waals surface area contributed by atoms with E-state index in [9.17, 15) is 0 Å². The fourth-order valence-electron chi connectivity index (χ4n) is 1.87. The summed E-state index contributed by atoms with van der Waals surface area (Å²) in [5.41, 5.74) is 1.16. The van der Waals surface area contributed by atoms with Gasteiger partial charge in [-0.2, -0.15) is 0 Å². The summed E-state index contributed by atoms with van der Waals surface area (Å²) in [6.07, 6.45) is 4.30. The number of halogens is 1. The fraction of sp³-hybridized carbons (Fsp3) is 0.286. The van der Waals surface area contributed by atoms with Crippen LogP contribution in [0.3, 0.4) is 0 Å². The summed E-state index contributed by atoms with van der Waals surface area (Å²) in [6, 6.07) is 7.84. The van der Waals surface area contributed by atoms with Crippen molar-refractivity contribution in [3.8, 4) is 5.75 Å². The van der Waals surface area contributed by atoms with Gasteiger partial charge in [-0.15, -0.1) is 0 Å². The molecule has 0 amide bonds. The second-order valence-electron chi connectivity index (χ2n) is 4.11. The quantitative estimate of drug-likeness (QED) is 0.919. The Morgan fingerprint density at radius 3 is 2.68 bits per heavy atom. The molecule has 0 aliphatic rings. The summed E-state index contributed by atoms with van der Waals surface area (Å²) in [5.74, 6) is 1.64. The number of rotatable bonds is 5. The molecule has 1 aromatic heterocycles. The van der Waals surface area contributed by atoms with Crippen LogP contribution in [0.1, 0.15) is 17.4 Å². The standard InChI is InChI=1S/C14H16BrN3O/c1-16-13(14-17-6-3-7-18-14)9-10-8-11(19-2)4-5-12(10)15/h3-8,13,16H,9H2,1-2H3. The Bertz CT molecular complexity index is 533. The van der Waals surface area contributed by atoms with E-state index in [1.54, 1.807) is 19.5 Å². The highest BCUT2D eigenvalue weighted by Gasteiger charge is 2.14. The zero-order valence-corrected chi connectivity index (χ0v) is 12.5. The minimum atomic E-state index is 0.0737. The van der Waals surface area contributed by atoms with Crippen molar-refractivity contribution in [2.75, 3.05) is 14.2 Å². The van der Waals surface area contributed by atoms with Crippen LogP contribution in [0.5, 0.6) is 5.75 Å². The van der Waals surface area contributed by atoms with Gasteiger partial charge in [-0.1, -0.05) is 15.9 Å². The molecule has 1 aromatic carbocycles. The molecule has 0 fully saturated rings. The highest BCUT2D eigenvalue weighted by Crippen LogP contribution is 2.26. The lowest BCUT2D eigenvalue weighted by molar-refractivity contribution is 0.413. The van der Waals surface area contributed by atoms with Gasteiger partial charge in [0.25, 0.3) is 0 Å². The molecule has 0 bridgehead atoms. The van der Waals surface area contributed by atoms with Crippen LogP contribution in [0.15, 0.2) is 41.1 Å². The normalized spacial score (nSPS) is 12.2. The van der Waals surface area contributed by atoms with Crippen LogP contribution in [0, 0.1) is 0 Å². The van der Waals surface area contributed by atoms with Gasteiger partial charge >= 0.3 is 0 Å². The van der Waals surface area contributed by atoms with Gasteiger partial charge in [0, 0.05) is 16.9 Å². The third kappa shape index (κ3) is 3.52. The second-order valence-corrected chi connectivity index (χ2v) is 4.96. The minimum absolute atomic E-state index is 0.0737. The Hall–Kier alpha value is -1.46. The van der Waals surface area contributed by atoms with Crippen molar-refractivity contribution >= 4 is 15.9 Å². The molecular weight excluding hydrogens is 306 g/mol. The van der Waals surface area contributed by atoms with Crippen LogP contribution in [0.2, 0.25) is 0 Å². The van der Waals surface area contributed by atoms with Gasteiger partial charge in [-0.05, 0) is 43.3 Å². The molecule has 2 rings (SSSR count). The molecule has 1 unspecified atom stereocenters. The van der Waals surface area contributed by atoms with Crippen LogP contribution >= 0.6 is 15.9 Å². The molecule has 19 heavy (non-hydrogen) atoms. The molecule has 2 aromatic rings. The Kier molecular flexibility index (Phi) is 4.87. The summed E-state index contributed by atoms with van der Waals surface area (Å²) >= 11 is 3.57. The molecule has 100 valence electrons. The largest absolute Gasteiger partial charge is 0.497 e. The zero-order chi connectivity index (χ0) is 13.7. The maximum absolute atomic E-state index is 5.26. The average molecular weight is 322 g/mol.